The monoisotopic (exact) mass is 380 g/mol. The van der Waals surface area contributed by atoms with Gasteiger partial charge in [0.2, 0.25) is 0 Å². The number of nitrogens with one attached hydrogen (secondary N) is 1. The summed E-state index contributed by atoms with van der Waals surface area (Å²) < 4.78 is 11.0. The molecule has 1 amide bonds. The highest BCUT2D eigenvalue weighted by Gasteiger charge is 2.12. The van der Waals surface area contributed by atoms with E-state index in [2.05, 4.69) is 5.32 Å². The summed E-state index contributed by atoms with van der Waals surface area (Å²) in [6.07, 6.45) is 0. The summed E-state index contributed by atoms with van der Waals surface area (Å²) in [7, 11) is 0. The first kappa shape index (κ1) is 18.8. The van der Waals surface area contributed by atoms with Crippen LogP contribution in [0.1, 0.15) is 33.6 Å². The average molecular weight is 380 g/mol. The molecule has 0 fully saturated rings. The van der Waals surface area contributed by atoms with E-state index < -0.39 is 10.8 Å². The number of rotatable bonds is 7. The zero-order valence-corrected chi connectivity index (χ0v) is 14.9. The molecule has 8 nitrogen and oxygen atoms in total. The largest absolute Gasteiger partial charge is 0.486 e. The van der Waals surface area contributed by atoms with Crippen LogP contribution in [0.4, 0.5) is 11.4 Å². The van der Waals surface area contributed by atoms with Gasteiger partial charge in [-0.05, 0) is 55.5 Å². The minimum absolute atomic E-state index is 0.0272. The van der Waals surface area contributed by atoms with Gasteiger partial charge in [-0.15, -0.1) is 0 Å². The van der Waals surface area contributed by atoms with E-state index in [0.29, 0.717) is 22.8 Å². The zero-order chi connectivity index (χ0) is 20.1. The number of ether oxygens (including phenoxy) is 1. The van der Waals surface area contributed by atoms with Gasteiger partial charge < -0.3 is 14.5 Å². The summed E-state index contributed by atoms with van der Waals surface area (Å²) in [6, 6.07) is 15.3. The van der Waals surface area contributed by atoms with E-state index in [0.717, 1.165) is 0 Å². The van der Waals surface area contributed by atoms with Crippen LogP contribution in [0.5, 0.6) is 5.75 Å². The van der Waals surface area contributed by atoms with E-state index in [4.69, 9.17) is 9.15 Å². The molecule has 0 aliphatic rings. The van der Waals surface area contributed by atoms with Crippen molar-refractivity contribution in [3.8, 4) is 5.75 Å². The molecule has 0 saturated heterocycles. The normalized spacial score (nSPS) is 10.3. The maximum Gasteiger partial charge on any atom is 0.291 e. The minimum Gasteiger partial charge on any atom is -0.486 e. The van der Waals surface area contributed by atoms with Crippen LogP contribution < -0.4 is 10.1 Å². The van der Waals surface area contributed by atoms with Crippen molar-refractivity contribution in [2.24, 2.45) is 0 Å². The average Bonchev–Trinajstić information content (AvgIpc) is 3.16. The summed E-state index contributed by atoms with van der Waals surface area (Å²) >= 11 is 0. The highest BCUT2D eigenvalue weighted by atomic mass is 16.6. The molecule has 0 bridgehead atoms. The van der Waals surface area contributed by atoms with Crippen LogP contribution in [0.25, 0.3) is 0 Å². The molecule has 1 N–H and O–H groups in total. The lowest BCUT2D eigenvalue weighted by atomic mass is 10.1. The van der Waals surface area contributed by atoms with Gasteiger partial charge in [0.15, 0.2) is 11.5 Å². The van der Waals surface area contributed by atoms with E-state index in [1.807, 2.05) is 0 Å². The number of carbonyl (C=O) groups is 2. The summed E-state index contributed by atoms with van der Waals surface area (Å²) in [5.41, 5.74) is 1.07. The van der Waals surface area contributed by atoms with Crippen LogP contribution in [0.15, 0.2) is 65.1 Å². The maximum atomic E-state index is 12.2. The molecule has 0 unspecified atom stereocenters. The minimum atomic E-state index is -0.491. The van der Waals surface area contributed by atoms with Gasteiger partial charge >= 0.3 is 0 Å². The van der Waals surface area contributed by atoms with Crippen LogP contribution in [0.2, 0.25) is 0 Å². The van der Waals surface area contributed by atoms with Gasteiger partial charge in [-0.25, -0.2) is 0 Å². The molecule has 0 radical (unpaired) electrons. The van der Waals surface area contributed by atoms with E-state index in [9.17, 15) is 19.7 Å². The van der Waals surface area contributed by atoms with Crippen molar-refractivity contribution < 1.29 is 23.7 Å². The number of anilines is 1. The summed E-state index contributed by atoms with van der Waals surface area (Å²) in [5.74, 6) is 0.491. The quantitative estimate of drug-likeness (QED) is 0.373. The van der Waals surface area contributed by atoms with Gasteiger partial charge in [0.05, 0.1) is 4.92 Å². The number of benzene rings is 2. The van der Waals surface area contributed by atoms with Gasteiger partial charge in [0, 0.05) is 23.4 Å². The van der Waals surface area contributed by atoms with Gasteiger partial charge in [-0.1, -0.05) is 0 Å². The molecular formula is C20H16N2O6. The number of amides is 1. The Labute approximate surface area is 159 Å². The van der Waals surface area contributed by atoms with Crippen molar-refractivity contribution in [2.75, 3.05) is 5.32 Å². The van der Waals surface area contributed by atoms with Crippen molar-refractivity contribution in [1.82, 2.24) is 0 Å². The first-order valence-corrected chi connectivity index (χ1v) is 8.31. The number of nitro benzene ring substituents is 1. The molecule has 3 aromatic rings. The second-order valence-corrected chi connectivity index (χ2v) is 5.89. The molecular weight excluding hydrogens is 364 g/mol. The Morgan fingerprint density at radius 2 is 1.71 bits per heavy atom. The van der Waals surface area contributed by atoms with Crippen molar-refractivity contribution in [1.29, 1.82) is 0 Å². The number of non-ortho nitro benzene ring substituents is 1. The number of ketones is 1. The molecule has 0 saturated carbocycles. The van der Waals surface area contributed by atoms with E-state index in [1.165, 1.54) is 37.3 Å². The molecule has 0 spiro atoms. The summed E-state index contributed by atoms with van der Waals surface area (Å²) in [6.45, 7) is 1.54. The molecule has 2 aromatic carbocycles. The second kappa shape index (κ2) is 8.17. The van der Waals surface area contributed by atoms with Crippen LogP contribution >= 0.6 is 0 Å². The maximum absolute atomic E-state index is 12.2. The van der Waals surface area contributed by atoms with Gasteiger partial charge in [-0.2, -0.15) is 0 Å². The number of nitro groups is 1. The number of carbonyl (C=O) groups excluding carboxylic acids is 2. The second-order valence-electron chi connectivity index (χ2n) is 5.89. The summed E-state index contributed by atoms with van der Waals surface area (Å²) in [5, 5.41) is 13.3. The lowest BCUT2D eigenvalue weighted by Gasteiger charge is -2.05. The van der Waals surface area contributed by atoms with E-state index in [-0.39, 0.29) is 23.8 Å². The predicted octanol–water partition coefficient (Wildman–Crippen LogP) is 4.22. The third-order valence-corrected chi connectivity index (χ3v) is 3.86. The van der Waals surface area contributed by atoms with Crippen LogP contribution in [-0.4, -0.2) is 16.6 Å². The molecule has 8 heteroatoms. The Kier molecular flexibility index (Phi) is 5.50. The number of hydrogen-bond donors (Lipinski definition) is 1. The molecule has 28 heavy (non-hydrogen) atoms. The molecule has 142 valence electrons. The lowest BCUT2D eigenvalue weighted by molar-refractivity contribution is -0.384. The smallest absolute Gasteiger partial charge is 0.291 e. The molecule has 0 aliphatic heterocycles. The number of nitrogens with zero attached hydrogens (tertiary/aromatic N) is 1. The third-order valence-electron chi connectivity index (χ3n) is 3.86. The van der Waals surface area contributed by atoms with E-state index in [1.54, 1.807) is 30.3 Å². The standard InChI is InChI=1S/C20H16N2O6/c1-13(23)14-2-4-15(5-3-14)21-20(24)19-11-10-18(28-19)12-27-17-8-6-16(7-9-17)22(25)26/h2-11H,12H2,1H3,(H,21,24). The molecule has 1 aromatic heterocycles. The van der Waals surface area contributed by atoms with Crippen LogP contribution in [-0.2, 0) is 6.61 Å². The number of hydrogen-bond acceptors (Lipinski definition) is 6. The SMILES string of the molecule is CC(=O)c1ccc(NC(=O)c2ccc(COc3ccc([N+](=O)[O-])cc3)o2)cc1. The van der Waals surface area contributed by atoms with Crippen molar-refractivity contribution in [3.05, 3.63) is 87.9 Å². The Morgan fingerprint density at radius 3 is 2.32 bits per heavy atom. The number of furan rings is 1. The Bertz CT molecular complexity index is 1010. The van der Waals surface area contributed by atoms with Crippen molar-refractivity contribution >= 4 is 23.1 Å². The van der Waals surface area contributed by atoms with Gasteiger partial charge in [0.1, 0.15) is 18.1 Å². The molecule has 3 rings (SSSR count). The van der Waals surface area contributed by atoms with Gasteiger partial charge in [-0.3, -0.25) is 19.7 Å². The van der Waals surface area contributed by atoms with E-state index >= 15 is 0 Å². The molecule has 0 atom stereocenters. The Morgan fingerprint density at radius 1 is 1.04 bits per heavy atom. The Hall–Kier alpha value is -3.94. The lowest BCUT2D eigenvalue weighted by Crippen LogP contribution is -2.11. The predicted molar refractivity (Wildman–Crippen MR) is 101 cm³/mol. The van der Waals surface area contributed by atoms with Gasteiger partial charge in [0.25, 0.3) is 11.6 Å². The fourth-order valence-corrected chi connectivity index (χ4v) is 2.38. The molecule has 0 aliphatic carbocycles. The van der Waals surface area contributed by atoms with Crippen molar-refractivity contribution in [3.63, 3.8) is 0 Å². The first-order valence-electron chi connectivity index (χ1n) is 8.31. The van der Waals surface area contributed by atoms with Crippen LogP contribution in [0.3, 0.4) is 0 Å². The Balaban J connectivity index is 1.57. The topological polar surface area (TPSA) is 112 Å². The first-order chi connectivity index (χ1) is 13.4. The highest BCUT2D eigenvalue weighted by molar-refractivity contribution is 6.02. The molecule has 1 heterocycles. The fourth-order valence-electron chi connectivity index (χ4n) is 2.38. The van der Waals surface area contributed by atoms with Crippen LogP contribution in [0, 0.1) is 10.1 Å². The fraction of sp³-hybridized carbons (Fsp3) is 0.100. The number of Topliss-reactive ketones (excluding diaryl/α,β-unsaturated/α-hetero) is 1. The third kappa shape index (κ3) is 4.61. The van der Waals surface area contributed by atoms with Crippen molar-refractivity contribution in [2.45, 2.75) is 13.5 Å². The highest BCUT2D eigenvalue weighted by Crippen LogP contribution is 2.19. The summed E-state index contributed by atoms with van der Waals surface area (Å²) in [4.78, 5) is 33.7. The zero-order valence-electron chi connectivity index (χ0n) is 14.9.